The molecule has 0 radical (unpaired) electrons. The molecule has 0 amide bonds. The Hall–Kier alpha value is -1.75. The van der Waals surface area contributed by atoms with Crippen LogP contribution in [0.4, 0.5) is 0 Å². The normalized spacial score (nSPS) is 9.27. The molecule has 1 heterocycles. The number of para-hydroxylation sites is 1. The molecular formula is C13H16N2. The Kier molecular flexibility index (Phi) is 3.51. The first-order chi connectivity index (χ1) is 7.13. The smallest absolute Gasteiger partial charge is 0.0587 e. The van der Waals surface area contributed by atoms with Crippen molar-refractivity contribution < 1.29 is 0 Å². The quantitative estimate of drug-likeness (QED) is 0.641. The molecule has 0 aliphatic carbocycles. The van der Waals surface area contributed by atoms with E-state index in [1.165, 1.54) is 29.1 Å². The van der Waals surface area contributed by atoms with E-state index in [1.54, 1.807) is 6.07 Å². The number of aromatic nitrogens is 1. The minimum absolute atomic E-state index is 1.33. The lowest BCUT2D eigenvalue weighted by atomic mass is 10.2. The highest BCUT2D eigenvalue weighted by Crippen LogP contribution is 2.22. The van der Waals surface area contributed by atoms with E-state index in [0.29, 0.717) is 0 Å². The first-order valence-electron chi connectivity index (χ1n) is 4.95. The highest BCUT2D eigenvalue weighted by Gasteiger charge is 2.05. The third kappa shape index (κ3) is 2.02. The van der Waals surface area contributed by atoms with Crippen molar-refractivity contribution in [3.63, 3.8) is 0 Å². The Bertz CT molecular complexity index is 462. The summed E-state index contributed by atoms with van der Waals surface area (Å²) in [4.78, 5) is 0. The minimum atomic E-state index is 1.33. The Morgan fingerprint density at radius 3 is 2.27 bits per heavy atom. The summed E-state index contributed by atoms with van der Waals surface area (Å²) < 4.78 is 2.24. The molecule has 2 nitrogen and oxygen atoms in total. The van der Waals surface area contributed by atoms with E-state index >= 15 is 0 Å². The summed E-state index contributed by atoms with van der Waals surface area (Å²) >= 11 is 0. The number of fused-ring (bicyclic) bond motifs is 1. The largest absolute Gasteiger partial charge is 0.348 e. The van der Waals surface area contributed by atoms with Crippen molar-refractivity contribution in [2.24, 2.45) is 7.05 Å². The fourth-order valence-corrected chi connectivity index (χ4v) is 1.71. The van der Waals surface area contributed by atoms with Crippen molar-refractivity contribution in [2.75, 3.05) is 0 Å². The summed E-state index contributed by atoms with van der Waals surface area (Å²) in [5, 5.41) is 8.69. The van der Waals surface area contributed by atoms with E-state index in [-0.39, 0.29) is 0 Å². The zero-order chi connectivity index (χ0) is 11.4. The molecule has 1 aromatic heterocycles. The highest BCUT2D eigenvalue weighted by molar-refractivity contribution is 5.85. The molecule has 2 aromatic rings. The van der Waals surface area contributed by atoms with Gasteiger partial charge in [0.05, 0.1) is 6.07 Å². The van der Waals surface area contributed by atoms with E-state index in [4.69, 9.17) is 5.26 Å². The van der Waals surface area contributed by atoms with Gasteiger partial charge in [-0.3, -0.25) is 0 Å². The molecule has 2 rings (SSSR count). The van der Waals surface area contributed by atoms with Crippen molar-refractivity contribution >= 4 is 10.9 Å². The minimum Gasteiger partial charge on any atom is -0.348 e. The monoisotopic (exact) mass is 200 g/mol. The van der Waals surface area contributed by atoms with Crippen LogP contribution < -0.4 is 0 Å². The van der Waals surface area contributed by atoms with Crippen LogP contribution in [0.25, 0.3) is 10.9 Å². The van der Waals surface area contributed by atoms with Gasteiger partial charge in [-0.15, -0.1) is 0 Å². The number of hydrogen-bond donors (Lipinski definition) is 0. The second kappa shape index (κ2) is 4.65. The van der Waals surface area contributed by atoms with Crippen molar-refractivity contribution in [3.8, 4) is 6.07 Å². The molecule has 0 fully saturated rings. The molecule has 0 N–H and O–H groups in total. The lowest BCUT2D eigenvalue weighted by molar-refractivity contribution is 0.910. The highest BCUT2D eigenvalue weighted by atomic mass is 14.9. The van der Waals surface area contributed by atoms with Crippen molar-refractivity contribution in [3.05, 3.63) is 35.5 Å². The van der Waals surface area contributed by atoms with Crippen LogP contribution in [0.3, 0.4) is 0 Å². The van der Waals surface area contributed by atoms with Crippen LogP contribution in [-0.2, 0) is 7.05 Å². The standard InChI is InChI=1S/C11H13N.C2H3N/c1-8-9(2)12(3)11-7-5-4-6-10(8)11;1-2-3/h4-7H,1-3H3;1H3. The molecule has 15 heavy (non-hydrogen) atoms. The maximum Gasteiger partial charge on any atom is 0.0587 e. The molecule has 0 atom stereocenters. The van der Waals surface area contributed by atoms with Gasteiger partial charge in [0.2, 0.25) is 0 Å². The molecule has 2 heteroatoms. The average Bonchev–Trinajstić information content (AvgIpc) is 2.46. The predicted molar refractivity (Wildman–Crippen MR) is 63.7 cm³/mol. The Morgan fingerprint density at radius 2 is 1.73 bits per heavy atom. The van der Waals surface area contributed by atoms with Gasteiger partial charge in [-0.2, -0.15) is 5.26 Å². The fourth-order valence-electron chi connectivity index (χ4n) is 1.71. The van der Waals surface area contributed by atoms with E-state index in [0.717, 1.165) is 0 Å². The summed E-state index contributed by atoms with van der Waals surface area (Å²) in [5.41, 5.74) is 4.08. The van der Waals surface area contributed by atoms with Crippen LogP contribution in [0.1, 0.15) is 18.2 Å². The van der Waals surface area contributed by atoms with Gasteiger partial charge in [-0.25, -0.2) is 0 Å². The van der Waals surface area contributed by atoms with Gasteiger partial charge in [0, 0.05) is 30.6 Å². The van der Waals surface area contributed by atoms with Gasteiger partial charge in [0.25, 0.3) is 0 Å². The van der Waals surface area contributed by atoms with Gasteiger partial charge in [-0.1, -0.05) is 18.2 Å². The van der Waals surface area contributed by atoms with Crippen molar-refractivity contribution in [1.82, 2.24) is 4.57 Å². The SMILES string of the molecule is CC#N.Cc1c(C)n(C)c2ccccc12. The van der Waals surface area contributed by atoms with Gasteiger partial charge in [0.15, 0.2) is 0 Å². The van der Waals surface area contributed by atoms with Crippen LogP contribution in [-0.4, -0.2) is 4.57 Å². The van der Waals surface area contributed by atoms with Gasteiger partial charge < -0.3 is 4.57 Å². The number of benzene rings is 1. The lowest BCUT2D eigenvalue weighted by Gasteiger charge is -1.96. The molecule has 0 saturated heterocycles. The third-order valence-corrected chi connectivity index (χ3v) is 2.72. The number of aryl methyl sites for hydroxylation is 2. The van der Waals surface area contributed by atoms with E-state index in [2.05, 4.69) is 49.7 Å². The lowest BCUT2D eigenvalue weighted by Crippen LogP contribution is -1.89. The van der Waals surface area contributed by atoms with E-state index in [1.807, 2.05) is 0 Å². The van der Waals surface area contributed by atoms with Gasteiger partial charge in [-0.05, 0) is 25.5 Å². The Balaban J connectivity index is 0.000000337. The third-order valence-electron chi connectivity index (χ3n) is 2.72. The van der Waals surface area contributed by atoms with Crippen LogP contribution in [0.5, 0.6) is 0 Å². The summed E-state index contributed by atoms with van der Waals surface area (Å²) in [5.74, 6) is 0. The number of rotatable bonds is 0. The number of hydrogen-bond acceptors (Lipinski definition) is 1. The summed E-state index contributed by atoms with van der Waals surface area (Å²) in [6.07, 6.45) is 0. The predicted octanol–water partition coefficient (Wildman–Crippen LogP) is 3.33. The average molecular weight is 200 g/mol. The van der Waals surface area contributed by atoms with Crippen LogP contribution in [0, 0.1) is 25.2 Å². The maximum atomic E-state index is 7.32. The zero-order valence-electron chi connectivity index (χ0n) is 9.70. The molecule has 1 aromatic carbocycles. The molecule has 0 aliphatic rings. The first-order valence-corrected chi connectivity index (χ1v) is 4.95. The Morgan fingerprint density at radius 1 is 1.20 bits per heavy atom. The number of nitriles is 1. The fraction of sp³-hybridized carbons (Fsp3) is 0.308. The van der Waals surface area contributed by atoms with E-state index < -0.39 is 0 Å². The second-order valence-electron chi connectivity index (χ2n) is 3.51. The molecule has 0 bridgehead atoms. The Labute approximate surface area is 90.8 Å². The van der Waals surface area contributed by atoms with Gasteiger partial charge >= 0.3 is 0 Å². The van der Waals surface area contributed by atoms with Crippen LogP contribution in [0.15, 0.2) is 24.3 Å². The van der Waals surface area contributed by atoms with Crippen LogP contribution in [0.2, 0.25) is 0 Å². The maximum absolute atomic E-state index is 7.32. The molecular weight excluding hydrogens is 184 g/mol. The van der Waals surface area contributed by atoms with Crippen molar-refractivity contribution in [2.45, 2.75) is 20.8 Å². The zero-order valence-corrected chi connectivity index (χ0v) is 9.70. The second-order valence-corrected chi connectivity index (χ2v) is 3.51. The van der Waals surface area contributed by atoms with Crippen LogP contribution >= 0.6 is 0 Å². The molecule has 0 spiro atoms. The number of nitrogens with zero attached hydrogens (tertiary/aromatic N) is 2. The summed E-state index contributed by atoms with van der Waals surface area (Å²) in [6, 6.07) is 10.3. The summed E-state index contributed by atoms with van der Waals surface area (Å²) in [6.45, 7) is 5.77. The molecule has 0 saturated carbocycles. The summed E-state index contributed by atoms with van der Waals surface area (Å²) in [7, 11) is 2.12. The van der Waals surface area contributed by atoms with Gasteiger partial charge in [0.1, 0.15) is 0 Å². The molecule has 0 aliphatic heterocycles. The first kappa shape index (κ1) is 11.3. The van der Waals surface area contributed by atoms with Crippen molar-refractivity contribution in [1.29, 1.82) is 5.26 Å². The molecule has 0 unspecified atom stereocenters. The topological polar surface area (TPSA) is 28.7 Å². The van der Waals surface area contributed by atoms with E-state index in [9.17, 15) is 0 Å². The molecule has 78 valence electrons.